The van der Waals surface area contributed by atoms with Crippen molar-refractivity contribution in [2.24, 2.45) is 0 Å². The Morgan fingerprint density at radius 3 is 2.76 bits per heavy atom. The van der Waals surface area contributed by atoms with E-state index in [2.05, 4.69) is 23.8 Å². The van der Waals surface area contributed by atoms with Gasteiger partial charge < -0.3 is 10.0 Å². The van der Waals surface area contributed by atoms with E-state index in [1.807, 2.05) is 35.2 Å². The Labute approximate surface area is 130 Å². The maximum absolute atomic E-state index is 9.30. The van der Waals surface area contributed by atoms with Crippen molar-refractivity contribution < 1.29 is 5.11 Å². The minimum atomic E-state index is 0.0710. The largest absolute Gasteiger partial charge is 0.395 e. The van der Waals surface area contributed by atoms with Crippen LogP contribution in [-0.4, -0.2) is 28.2 Å². The summed E-state index contributed by atoms with van der Waals surface area (Å²) in [4.78, 5) is 10.9. The summed E-state index contributed by atoms with van der Waals surface area (Å²) in [5.41, 5.74) is 1.08. The molecular weight excluding hydrogens is 286 g/mol. The van der Waals surface area contributed by atoms with Crippen molar-refractivity contribution in [2.45, 2.75) is 26.3 Å². The number of aliphatic hydroxyl groups excluding tert-OH is 1. The minimum Gasteiger partial charge on any atom is -0.395 e. The Kier molecular flexibility index (Phi) is 5.53. The van der Waals surface area contributed by atoms with Gasteiger partial charge in [-0.1, -0.05) is 37.6 Å². The highest BCUT2D eigenvalue weighted by Crippen LogP contribution is 2.18. The number of halogens is 1. The quantitative estimate of drug-likeness (QED) is 0.890. The Balaban J connectivity index is 2.24. The molecule has 5 heteroatoms. The van der Waals surface area contributed by atoms with Gasteiger partial charge in [0.25, 0.3) is 0 Å². The standard InChI is InChI=1S/C16H20ClN3O/c1-12(2)16-18-7-6-15(19-16)20(8-9-21)11-13-4-3-5-14(17)10-13/h3-7,10,12,21H,8-9,11H2,1-2H3. The number of aromatic nitrogens is 2. The summed E-state index contributed by atoms with van der Waals surface area (Å²) in [6, 6.07) is 9.58. The van der Waals surface area contributed by atoms with Crippen LogP contribution in [-0.2, 0) is 6.54 Å². The van der Waals surface area contributed by atoms with Crippen molar-refractivity contribution in [3.63, 3.8) is 0 Å². The lowest BCUT2D eigenvalue weighted by Gasteiger charge is -2.23. The summed E-state index contributed by atoms with van der Waals surface area (Å²) in [6.45, 7) is 5.36. The highest BCUT2D eigenvalue weighted by atomic mass is 35.5. The molecule has 2 rings (SSSR count). The third-order valence-electron chi connectivity index (χ3n) is 3.13. The van der Waals surface area contributed by atoms with Gasteiger partial charge in [0, 0.05) is 30.2 Å². The van der Waals surface area contributed by atoms with Gasteiger partial charge >= 0.3 is 0 Å². The van der Waals surface area contributed by atoms with Crippen molar-refractivity contribution in [3.05, 3.63) is 52.9 Å². The van der Waals surface area contributed by atoms with Gasteiger partial charge in [-0.2, -0.15) is 0 Å². The molecule has 112 valence electrons. The van der Waals surface area contributed by atoms with Crippen molar-refractivity contribution in [2.75, 3.05) is 18.1 Å². The molecule has 0 radical (unpaired) electrons. The molecule has 0 fully saturated rings. The lowest BCUT2D eigenvalue weighted by atomic mass is 10.2. The van der Waals surface area contributed by atoms with Crippen molar-refractivity contribution >= 4 is 17.4 Å². The molecule has 1 heterocycles. The number of anilines is 1. The van der Waals surface area contributed by atoms with Gasteiger partial charge in [-0.15, -0.1) is 0 Å². The predicted molar refractivity (Wildman–Crippen MR) is 85.7 cm³/mol. The van der Waals surface area contributed by atoms with Crippen LogP contribution in [0.1, 0.15) is 31.2 Å². The van der Waals surface area contributed by atoms with E-state index in [0.29, 0.717) is 18.1 Å². The minimum absolute atomic E-state index is 0.0710. The summed E-state index contributed by atoms with van der Waals surface area (Å²) in [6.07, 6.45) is 1.76. The summed E-state index contributed by atoms with van der Waals surface area (Å²) in [5, 5.41) is 10.0. The van der Waals surface area contributed by atoms with Gasteiger partial charge in [0.15, 0.2) is 0 Å². The topological polar surface area (TPSA) is 49.2 Å². The number of benzene rings is 1. The van der Waals surface area contributed by atoms with Crippen LogP contribution in [0.2, 0.25) is 5.02 Å². The van der Waals surface area contributed by atoms with Crippen LogP contribution in [0.4, 0.5) is 5.82 Å². The van der Waals surface area contributed by atoms with E-state index in [-0.39, 0.29) is 12.5 Å². The second-order valence-corrected chi connectivity index (χ2v) is 5.64. The lowest BCUT2D eigenvalue weighted by Crippen LogP contribution is -2.27. The fraction of sp³-hybridized carbons (Fsp3) is 0.375. The van der Waals surface area contributed by atoms with E-state index in [1.54, 1.807) is 6.20 Å². The first-order chi connectivity index (χ1) is 10.1. The van der Waals surface area contributed by atoms with Crippen LogP contribution in [0.5, 0.6) is 0 Å². The molecule has 0 unspecified atom stereocenters. The predicted octanol–water partition coefficient (Wildman–Crippen LogP) is 3.25. The zero-order valence-corrected chi connectivity index (χ0v) is 13.1. The van der Waals surface area contributed by atoms with Crippen LogP contribution < -0.4 is 4.90 Å². The molecule has 21 heavy (non-hydrogen) atoms. The number of rotatable bonds is 6. The molecule has 0 atom stereocenters. The van der Waals surface area contributed by atoms with Crippen LogP contribution in [0.25, 0.3) is 0 Å². The average molecular weight is 306 g/mol. The van der Waals surface area contributed by atoms with Crippen LogP contribution in [0, 0.1) is 0 Å². The molecule has 0 aliphatic carbocycles. The van der Waals surface area contributed by atoms with Crippen molar-refractivity contribution in [1.29, 1.82) is 0 Å². The van der Waals surface area contributed by atoms with E-state index in [0.717, 1.165) is 17.2 Å². The molecule has 0 aliphatic heterocycles. The second kappa shape index (κ2) is 7.38. The molecular formula is C16H20ClN3O. The third kappa shape index (κ3) is 4.41. The van der Waals surface area contributed by atoms with E-state index < -0.39 is 0 Å². The first kappa shape index (κ1) is 15.7. The van der Waals surface area contributed by atoms with Crippen LogP contribution in [0.3, 0.4) is 0 Å². The molecule has 0 spiro atoms. The van der Waals surface area contributed by atoms with E-state index in [9.17, 15) is 5.11 Å². The zero-order chi connectivity index (χ0) is 15.2. The van der Waals surface area contributed by atoms with Crippen LogP contribution >= 0.6 is 11.6 Å². The summed E-state index contributed by atoms with van der Waals surface area (Å²) in [5.74, 6) is 1.90. The molecule has 0 saturated carbocycles. The third-order valence-corrected chi connectivity index (χ3v) is 3.37. The van der Waals surface area contributed by atoms with Gasteiger partial charge in [-0.3, -0.25) is 0 Å². The number of hydrogen-bond acceptors (Lipinski definition) is 4. The van der Waals surface area contributed by atoms with E-state index >= 15 is 0 Å². The smallest absolute Gasteiger partial charge is 0.133 e. The maximum Gasteiger partial charge on any atom is 0.133 e. The Morgan fingerprint density at radius 2 is 2.10 bits per heavy atom. The molecule has 1 aromatic heterocycles. The Morgan fingerprint density at radius 1 is 1.29 bits per heavy atom. The van der Waals surface area contributed by atoms with Crippen LogP contribution in [0.15, 0.2) is 36.5 Å². The van der Waals surface area contributed by atoms with E-state index in [1.165, 1.54) is 0 Å². The van der Waals surface area contributed by atoms with E-state index in [4.69, 9.17) is 11.6 Å². The average Bonchev–Trinajstić information content (AvgIpc) is 2.47. The monoisotopic (exact) mass is 305 g/mol. The van der Waals surface area contributed by atoms with Gasteiger partial charge in [-0.05, 0) is 23.8 Å². The fourth-order valence-corrected chi connectivity index (χ4v) is 2.28. The Bertz CT molecular complexity index is 589. The number of nitrogens with zero attached hydrogens (tertiary/aromatic N) is 3. The molecule has 0 amide bonds. The normalized spacial score (nSPS) is 10.9. The first-order valence-electron chi connectivity index (χ1n) is 7.03. The summed E-state index contributed by atoms with van der Waals surface area (Å²) < 4.78 is 0. The molecule has 4 nitrogen and oxygen atoms in total. The molecule has 0 aliphatic rings. The zero-order valence-electron chi connectivity index (χ0n) is 12.3. The highest BCUT2D eigenvalue weighted by molar-refractivity contribution is 6.30. The number of hydrogen-bond donors (Lipinski definition) is 1. The fourth-order valence-electron chi connectivity index (χ4n) is 2.07. The lowest BCUT2D eigenvalue weighted by molar-refractivity contribution is 0.301. The van der Waals surface area contributed by atoms with Gasteiger partial charge in [0.2, 0.25) is 0 Å². The van der Waals surface area contributed by atoms with Gasteiger partial charge in [0.05, 0.1) is 6.61 Å². The van der Waals surface area contributed by atoms with Gasteiger partial charge in [0.1, 0.15) is 11.6 Å². The molecule has 1 aromatic carbocycles. The second-order valence-electron chi connectivity index (χ2n) is 5.20. The van der Waals surface area contributed by atoms with Gasteiger partial charge in [-0.25, -0.2) is 9.97 Å². The summed E-state index contributed by atoms with van der Waals surface area (Å²) >= 11 is 6.02. The SMILES string of the molecule is CC(C)c1nccc(N(CCO)Cc2cccc(Cl)c2)n1. The first-order valence-corrected chi connectivity index (χ1v) is 7.41. The molecule has 1 N–H and O–H groups in total. The summed E-state index contributed by atoms with van der Waals surface area (Å²) in [7, 11) is 0. The maximum atomic E-state index is 9.30. The molecule has 0 bridgehead atoms. The Hall–Kier alpha value is -1.65. The highest BCUT2D eigenvalue weighted by Gasteiger charge is 2.11. The molecule has 2 aromatic rings. The van der Waals surface area contributed by atoms with Crippen molar-refractivity contribution in [1.82, 2.24) is 9.97 Å². The number of aliphatic hydroxyl groups is 1. The van der Waals surface area contributed by atoms with Crippen molar-refractivity contribution in [3.8, 4) is 0 Å². The molecule has 0 saturated heterocycles.